The van der Waals surface area contributed by atoms with E-state index in [4.69, 9.17) is 14.9 Å². The number of hydrogen-bond donors (Lipinski definition) is 1. The lowest BCUT2D eigenvalue weighted by Gasteiger charge is -2.16. The molecule has 1 aromatic carbocycles. The summed E-state index contributed by atoms with van der Waals surface area (Å²) < 4.78 is 10.8. The normalized spacial score (nSPS) is 10.4. The van der Waals surface area contributed by atoms with Crippen molar-refractivity contribution >= 4 is 5.91 Å². The van der Waals surface area contributed by atoms with Crippen LogP contribution in [-0.2, 0) is 13.1 Å². The number of carbonyl (C=O) groups excluding carboxylic acids is 1. The van der Waals surface area contributed by atoms with Crippen LogP contribution in [0.4, 0.5) is 0 Å². The van der Waals surface area contributed by atoms with Crippen molar-refractivity contribution in [3.05, 3.63) is 53.5 Å². The van der Waals surface area contributed by atoms with Gasteiger partial charge in [-0.1, -0.05) is 12.1 Å². The number of nitrogens with zero attached hydrogens (tertiary/aromatic N) is 1. The van der Waals surface area contributed by atoms with Gasteiger partial charge in [0.15, 0.2) is 5.76 Å². The molecule has 2 rings (SSSR count). The highest BCUT2D eigenvalue weighted by molar-refractivity contribution is 5.91. The largest absolute Gasteiger partial charge is 0.494 e. The minimum Gasteiger partial charge on any atom is -0.494 e. The van der Waals surface area contributed by atoms with Gasteiger partial charge in [0.2, 0.25) is 0 Å². The fourth-order valence-corrected chi connectivity index (χ4v) is 1.99. The van der Waals surface area contributed by atoms with Gasteiger partial charge in [0.05, 0.1) is 13.2 Å². The maximum absolute atomic E-state index is 12.2. The number of hydrogen-bond acceptors (Lipinski definition) is 4. The molecule has 5 nitrogen and oxygen atoms in total. The molecule has 0 aliphatic heterocycles. The van der Waals surface area contributed by atoms with Crippen molar-refractivity contribution in [3.8, 4) is 5.75 Å². The van der Waals surface area contributed by atoms with Crippen molar-refractivity contribution in [2.45, 2.75) is 20.0 Å². The van der Waals surface area contributed by atoms with Gasteiger partial charge in [0.1, 0.15) is 11.5 Å². The molecule has 0 saturated carbocycles. The Morgan fingerprint density at radius 2 is 1.95 bits per heavy atom. The number of ether oxygens (including phenoxy) is 1. The Labute approximate surface area is 124 Å². The first-order valence-corrected chi connectivity index (χ1v) is 6.90. The molecule has 21 heavy (non-hydrogen) atoms. The molecule has 2 N–H and O–H groups in total. The minimum absolute atomic E-state index is 0.163. The number of amides is 1. The molecule has 0 fully saturated rings. The van der Waals surface area contributed by atoms with Crippen LogP contribution in [0.5, 0.6) is 5.75 Å². The summed E-state index contributed by atoms with van der Waals surface area (Å²) in [5, 5.41) is 0. The van der Waals surface area contributed by atoms with E-state index in [0.29, 0.717) is 24.7 Å². The quantitative estimate of drug-likeness (QED) is 0.886. The van der Waals surface area contributed by atoms with Crippen LogP contribution in [0.2, 0.25) is 0 Å². The molecule has 1 heterocycles. The van der Waals surface area contributed by atoms with Gasteiger partial charge in [-0.2, -0.15) is 0 Å². The second-order valence-corrected chi connectivity index (χ2v) is 4.71. The zero-order valence-corrected chi connectivity index (χ0v) is 12.3. The Hall–Kier alpha value is -2.27. The molecule has 0 aliphatic carbocycles. The zero-order chi connectivity index (χ0) is 15.2. The number of benzene rings is 1. The standard InChI is InChI=1S/C16H20N2O3/c1-3-20-13-6-4-12(5-7-13)11-18(2)16(19)15-9-8-14(10-17)21-15/h4-9H,3,10-11,17H2,1-2H3. The van der Waals surface area contributed by atoms with Gasteiger partial charge >= 0.3 is 0 Å². The number of furan rings is 1. The highest BCUT2D eigenvalue weighted by atomic mass is 16.5. The first-order valence-electron chi connectivity index (χ1n) is 6.90. The summed E-state index contributed by atoms with van der Waals surface area (Å²) in [5.74, 6) is 1.58. The van der Waals surface area contributed by atoms with E-state index in [1.54, 1.807) is 24.1 Å². The predicted octanol–water partition coefficient (Wildman–Crippen LogP) is 2.41. The van der Waals surface area contributed by atoms with Crippen LogP contribution in [0, 0.1) is 0 Å². The topological polar surface area (TPSA) is 68.7 Å². The summed E-state index contributed by atoms with van der Waals surface area (Å²) in [6, 6.07) is 11.1. The Kier molecular flexibility index (Phi) is 5.00. The van der Waals surface area contributed by atoms with Gasteiger partial charge in [0.25, 0.3) is 5.91 Å². The predicted molar refractivity (Wildman–Crippen MR) is 80.0 cm³/mol. The number of rotatable bonds is 6. The van der Waals surface area contributed by atoms with Gasteiger partial charge in [-0.25, -0.2) is 0 Å². The third-order valence-electron chi connectivity index (χ3n) is 3.07. The van der Waals surface area contributed by atoms with E-state index in [1.807, 2.05) is 31.2 Å². The summed E-state index contributed by atoms with van der Waals surface area (Å²) in [4.78, 5) is 13.8. The Balaban J connectivity index is 1.99. The molecule has 0 spiro atoms. The lowest BCUT2D eigenvalue weighted by atomic mass is 10.2. The SMILES string of the molecule is CCOc1ccc(CN(C)C(=O)c2ccc(CN)o2)cc1. The first kappa shape index (κ1) is 15.1. The molecular formula is C16H20N2O3. The summed E-state index contributed by atoms with van der Waals surface area (Å²) in [6.45, 7) is 3.37. The fraction of sp³-hybridized carbons (Fsp3) is 0.312. The molecule has 0 atom stereocenters. The van der Waals surface area contributed by atoms with E-state index in [2.05, 4.69) is 0 Å². The minimum atomic E-state index is -0.163. The van der Waals surface area contributed by atoms with Crippen LogP contribution < -0.4 is 10.5 Å². The van der Waals surface area contributed by atoms with Gasteiger partial charge in [-0.05, 0) is 36.8 Å². The number of carbonyl (C=O) groups is 1. The van der Waals surface area contributed by atoms with Gasteiger partial charge in [-0.15, -0.1) is 0 Å². The van der Waals surface area contributed by atoms with E-state index in [-0.39, 0.29) is 12.5 Å². The fourth-order valence-electron chi connectivity index (χ4n) is 1.99. The summed E-state index contributed by atoms with van der Waals surface area (Å²) in [7, 11) is 1.74. The molecule has 112 valence electrons. The van der Waals surface area contributed by atoms with Gasteiger partial charge in [0, 0.05) is 13.6 Å². The highest BCUT2D eigenvalue weighted by Crippen LogP contribution is 2.15. The molecular weight excluding hydrogens is 268 g/mol. The second kappa shape index (κ2) is 6.95. The van der Waals surface area contributed by atoms with E-state index in [1.165, 1.54) is 0 Å². The van der Waals surface area contributed by atoms with Gasteiger partial charge < -0.3 is 19.8 Å². The third-order valence-corrected chi connectivity index (χ3v) is 3.07. The van der Waals surface area contributed by atoms with Crippen molar-refractivity contribution in [3.63, 3.8) is 0 Å². The molecule has 5 heteroatoms. The molecule has 2 aromatic rings. The third kappa shape index (κ3) is 3.86. The average Bonchev–Trinajstić information content (AvgIpc) is 2.97. The highest BCUT2D eigenvalue weighted by Gasteiger charge is 2.16. The lowest BCUT2D eigenvalue weighted by molar-refractivity contribution is 0.0751. The summed E-state index contributed by atoms with van der Waals surface area (Å²) in [5.41, 5.74) is 6.50. The van der Waals surface area contributed by atoms with Crippen LogP contribution in [0.1, 0.15) is 28.8 Å². The zero-order valence-electron chi connectivity index (χ0n) is 12.3. The summed E-state index contributed by atoms with van der Waals surface area (Å²) >= 11 is 0. The van der Waals surface area contributed by atoms with Crippen molar-refractivity contribution < 1.29 is 13.9 Å². The Bertz CT molecular complexity index is 590. The molecule has 1 amide bonds. The van der Waals surface area contributed by atoms with Crippen molar-refractivity contribution in [1.82, 2.24) is 4.90 Å². The monoisotopic (exact) mass is 288 g/mol. The van der Waals surface area contributed by atoms with E-state index in [0.717, 1.165) is 11.3 Å². The maximum atomic E-state index is 12.2. The van der Waals surface area contributed by atoms with Gasteiger partial charge in [-0.3, -0.25) is 4.79 Å². The van der Waals surface area contributed by atoms with E-state index in [9.17, 15) is 4.79 Å². The van der Waals surface area contributed by atoms with E-state index >= 15 is 0 Å². The van der Waals surface area contributed by atoms with Crippen LogP contribution in [0.15, 0.2) is 40.8 Å². The van der Waals surface area contributed by atoms with E-state index < -0.39 is 0 Å². The molecule has 0 radical (unpaired) electrons. The first-order chi connectivity index (χ1) is 10.1. The molecule has 0 unspecified atom stereocenters. The summed E-state index contributed by atoms with van der Waals surface area (Å²) in [6.07, 6.45) is 0. The Morgan fingerprint density at radius 1 is 1.24 bits per heavy atom. The second-order valence-electron chi connectivity index (χ2n) is 4.71. The average molecular weight is 288 g/mol. The van der Waals surface area contributed by atoms with Crippen LogP contribution in [-0.4, -0.2) is 24.5 Å². The van der Waals surface area contributed by atoms with Crippen LogP contribution >= 0.6 is 0 Å². The number of nitrogens with two attached hydrogens (primary N) is 1. The van der Waals surface area contributed by atoms with Crippen molar-refractivity contribution in [1.29, 1.82) is 0 Å². The molecule has 0 aliphatic rings. The molecule has 0 bridgehead atoms. The molecule has 0 saturated heterocycles. The maximum Gasteiger partial charge on any atom is 0.289 e. The van der Waals surface area contributed by atoms with Crippen molar-refractivity contribution in [2.75, 3.05) is 13.7 Å². The lowest BCUT2D eigenvalue weighted by Crippen LogP contribution is -2.25. The van der Waals surface area contributed by atoms with Crippen molar-refractivity contribution in [2.24, 2.45) is 5.73 Å². The smallest absolute Gasteiger partial charge is 0.289 e. The van der Waals surface area contributed by atoms with Crippen LogP contribution in [0.25, 0.3) is 0 Å². The Morgan fingerprint density at radius 3 is 2.52 bits per heavy atom. The van der Waals surface area contributed by atoms with Crippen LogP contribution in [0.3, 0.4) is 0 Å². The molecule has 1 aromatic heterocycles.